The van der Waals surface area contributed by atoms with E-state index in [2.05, 4.69) is 5.16 Å². The van der Waals surface area contributed by atoms with Gasteiger partial charge in [-0.05, 0) is 25.2 Å². The van der Waals surface area contributed by atoms with E-state index < -0.39 is 0 Å². The Morgan fingerprint density at radius 3 is 3.00 bits per heavy atom. The predicted molar refractivity (Wildman–Crippen MR) is 50.0 cm³/mol. The maximum absolute atomic E-state index is 9.11. The summed E-state index contributed by atoms with van der Waals surface area (Å²) >= 11 is 0. The summed E-state index contributed by atoms with van der Waals surface area (Å²) in [6, 6.07) is 0. The van der Waals surface area contributed by atoms with Crippen LogP contribution in [0.15, 0.2) is 5.16 Å². The number of oxime groups is 1. The fourth-order valence-electron chi connectivity index (χ4n) is 2.38. The molecular weight excluding hydrogens is 182 g/mol. The van der Waals surface area contributed by atoms with Crippen molar-refractivity contribution in [1.82, 2.24) is 0 Å². The van der Waals surface area contributed by atoms with E-state index >= 15 is 0 Å². The predicted octanol–water partition coefficient (Wildman–Crippen LogP) is 0.549. The highest BCUT2D eigenvalue weighted by Crippen LogP contribution is 2.41. The van der Waals surface area contributed by atoms with E-state index in [1.807, 2.05) is 0 Å². The largest absolute Gasteiger partial charge is 0.392 e. The van der Waals surface area contributed by atoms with Crippen molar-refractivity contribution in [3.8, 4) is 0 Å². The quantitative estimate of drug-likeness (QED) is 0.703. The van der Waals surface area contributed by atoms with Crippen molar-refractivity contribution in [3.63, 3.8) is 0 Å². The lowest BCUT2D eigenvalue weighted by atomic mass is 9.88. The molecule has 0 bridgehead atoms. The summed E-state index contributed by atoms with van der Waals surface area (Å²) in [5, 5.41) is 13.1. The maximum Gasteiger partial charge on any atom is 0.158 e. The van der Waals surface area contributed by atoms with Gasteiger partial charge in [0.15, 0.2) is 6.10 Å². The second-order valence-corrected chi connectivity index (χ2v) is 4.44. The topological polar surface area (TPSA) is 51.0 Å². The number of ether oxygens (including phenoxy) is 1. The molecular formula is C10H15NO3. The number of fused-ring (bicyclic) bond motifs is 1. The average molecular weight is 197 g/mol. The Hall–Kier alpha value is -0.610. The van der Waals surface area contributed by atoms with Gasteiger partial charge in [-0.15, -0.1) is 0 Å². The lowest BCUT2D eigenvalue weighted by Crippen LogP contribution is -2.39. The summed E-state index contributed by atoms with van der Waals surface area (Å²) in [7, 11) is 0. The van der Waals surface area contributed by atoms with E-state index in [-0.39, 0.29) is 12.7 Å². The highest BCUT2D eigenvalue weighted by atomic mass is 16.7. The third-order valence-corrected chi connectivity index (χ3v) is 3.44. The minimum atomic E-state index is -0.116. The third kappa shape index (κ3) is 1.33. The van der Waals surface area contributed by atoms with Gasteiger partial charge in [-0.1, -0.05) is 5.16 Å². The fourth-order valence-corrected chi connectivity index (χ4v) is 2.38. The molecule has 0 aromatic carbocycles. The van der Waals surface area contributed by atoms with E-state index in [1.54, 1.807) is 0 Å². The van der Waals surface area contributed by atoms with Gasteiger partial charge < -0.3 is 14.7 Å². The molecule has 14 heavy (non-hydrogen) atoms. The first-order valence-corrected chi connectivity index (χ1v) is 5.33. The van der Waals surface area contributed by atoms with Gasteiger partial charge in [0.05, 0.1) is 25.0 Å². The molecule has 3 atom stereocenters. The summed E-state index contributed by atoms with van der Waals surface area (Å²) in [5.74, 6) is 1.07. The Labute approximate surface area is 82.9 Å². The number of hydrogen-bond acceptors (Lipinski definition) is 4. The minimum Gasteiger partial charge on any atom is -0.392 e. The van der Waals surface area contributed by atoms with Crippen LogP contribution in [0.4, 0.5) is 0 Å². The summed E-state index contributed by atoms with van der Waals surface area (Å²) in [5.41, 5.74) is 0.987. The lowest BCUT2D eigenvalue weighted by Gasteiger charge is -2.28. The van der Waals surface area contributed by atoms with Crippen LogP contribution in [0.5, 0.6) is 0 Å². The summed E-state index contributed by atoms with van der Waals surface area (Å²) in [6.07, 6.45) is 3.85. The first kappa shape index (κ1) is 8.68. The van der Waals surface area contributed by atoms with Gasteiger partial charge in [-0.3, -0.25) is 0 Å². The Kier molecular flexibility index (Phi) is 1.99. The smallest absolute Gasteiger partial charge is 0.158 e. The normalized spacial score (nSPS) is 41.5. The molecule has 1 saturated carbocycles. The van der Waals surface area contributed by atoms with Crippen LogP contribution in [0.1, 0.15) is 19.3 Å². The van der Waals surface area contributed by atoms with Crippen LogP contribution >= 0.6 is 0 Å². The van der Waals surface area contributed by atoms with E-state index in [1.165, 1.54) is 12.8 Å². The highest BCUT2D eigenvalue weighted by Gasteiger charge is 2.43. The van der Waals surface area contributed by atoms with Gasteiger partial charge in [0, 0.05) is 5.92 Å². The van der Waals surface area contributed by atoms with Crippen molar-refractivity contribution in [1.29, 1.82) is 0 Å². The molecule has 4 heteroatoms. The Bertz CT molecular complexity index is 262. The second-order valence-electron chi connectivity index (χ2n) is 4.44. The van der Waals surface area contributed by atoms with Crippen molar-refractivity contribution in [2.24, 2.45) is 17.0 Å². The Balaban J connectivity index is 1.70. The molecule has 3 aliphatic rings. The molecule has 0 amide bonds. The van der Waals surface area contributed by atoms with Crippen molar-refractivity contribution in [2.75, 3.05) is 13.2 Å². The van der Waals surface area contributed by atoms with Crippen LogP contribution in [0, 0.1) is 11.8 Å². The van der Waals surface area contributed by atoms with Gasteiger partial charge in [0.1, 0.15) is 0 Å². The molecule has 3 rings (SSSR count). The van der Waals surface area contributed by atoms with Crippen LogP contribution in [-0.4, -0.2) is 36.2 Å². The summed E-state index contributed by atoms with van der Waals surface area (Å²) in [4.78, 5) is 5.16. The van der Waals surface area contributed by atoms with Crippen molar-refractivity contribution in [3.05, 3.63) is 0 Å². The van der Waals surface area contributed by atoms with Gasteiger partial charge in [0.2, 0.25) is 0 Å². The molecule has 3 unspecified atom stereocenters. The molecule has 0 spiro atoms. The molecule has 2 aliphatic heterocycles. The van der Waals surface area contributed by atoms with Crippen LogP contribution in [-0.2, 0) is 9.57 Å². The van der Waals surface area contributed by atoms with Gasteiger partial charge in [0.25, 0.3) is 0 Å². The van der Waals surface area contributed by atoms with Crippen LogP contribution in [0.2, 0.25) is 0 Å². The molecule has 0 radical (unpaired) electrons. The zero-order valence-electron chi connectivity index (χ0n) is 8.06. The Morgan fingerprint density at radius 1 is 1.43 bits per heavy atom. The first-order valence-electron chi connectivity index (χ1n) is 5.33. The zero-order valence-corrected chi connectivity index (χ0v) is 8.06. The fraction of sp³-hybridized carbons (Fsp3) is 0.900. The lowest BCUT2D eigenvalue weighted by molar-refractivity contribution is -0.0128. The van der Waals surface area contributed by atoms with Crippen LogP contribution in [0.25, 0.3) is 0 Å². The van der Waals surface area contributed by atoms with E-state index in [9.17, 15) is 0 Å². The molecule has 2 heterocycles. The SMILES string of the molecule is OCC1ON=C2COC(C3CC3)CC21. The highest BCUT2D eigenvalue weighted by molar-refractivity contribution is 5.89. The molecule has 78 valence electrons. The number of rotatable bonds is 2. The van der Waals surface area contributed by atoms with Crippen molar-refractivity contribution < 1.29 is 14.7 Å². The number of hydrogen-bond donors (Lipinski definition) is 1. The second kappa shape index (κ2) is 3.21. The molecule has 4 nitrogen and oxygen atoms in total. The minimum absolute atomic E-state index is 0.0645. The number of nitrogens with zero attached hydrogens (tertiary/aromatic N) is 1. The number of aliphatic hydroxyl groups is 1. The maximum atomic E-state index is 9.11. The summed E-state index contributed by atoms with van der Waals surface area (Å²) < 4.78 is 5.72. The van der Waals surface area contributed by atoms with Crippen molar-refractivity contribution >= 4 is 5.71 Å². The van der Waals surface area contributed by atoms with E-state index in [0.29, 0.717) is 18.6 Å². The molecule has 1 saturated heterocycles. The molecule has 1 N–H and O–H groups in total. The monoisotopic (exact) mass is 197 g/mol. The average Bonchev–Trinajstić information content (AvgIpc) is 2.98. The molecule has 0 aromatic heterocycles. The number of aliphatic hydroxyl groups excluding tert-OH is 1. The molecule has 1 aliphatic carbocycles. The van der Waals surface area contributed by atoms with Gasteiger partial charge in [-0.25, -0.2) is 0 Å². The standard InChI is InChI=1S/C10H15NO3/c12-4-10-7-3-9(6-1-2-6)13-5-8(7)11-14-10/h6-7,9-10,12H,1-5H2. The third-order valence-electron chi connectivity index (χ3n) is 3.44. The first-order chi connectivity index (χ1) is 6.88. The summed E-state index contributed by atoms with van der Waals surface area (Å²) in [6.45, 7) is 0.664. The van der Waals surface area contributed by atoms with Crippen LogP contribution < -0.4 is 0 Å². The van der Waals surface area contributed by atoms with Gasteiger partial charge >= 0.3 is 0 Å². The van der Waals surface area contributed by atoms with E-state index in [4.69, 9.17) is 14.7 Å². The zero-order chi connectivity index (χ0) is 9.54. The molecule has 0 aromatic rings. The van der Waals surface area contributed by atoms with Crippen molar-refractivity contribution in [2.45, 2.75) is 31.5 Å². The molecule has 2 fully saturated rings. The van der Waals surface area contributed by atoms with E-state index in [0.717, 1.165) is 18.1 Å². The Morgan fingerprint density at radius 2 is 2.29 bits per heavy atom. The van der Waals surface area contributed by atoms with Crippen LogP contribution in [0.3, 0.4) is 0 Å². The van der Waals surface area contributed by atoms with Gasteiger partial charge in [-0.2, -0.15) is 0 Å².